The second kappa shape index (κ2) is 8.79. The van der Waals surface area contributed by atoms with E-state index in [1.807, 2.05) is 37.3 Å². The van der Waals surface area contributed by atoms with E-state index in [-0.39, 0.29) is 16.8 Å². The fourth-order valence-corrected chi connectivity index (χ4v) is 3.89. The fourth-order valence-electron chi connectivity index (χ4n) is 2.82. The molecule has 0 aliphatic rings. The molecular formula is C22H22N2O4S. The zero-order chi connectivity index (χ0) is 20.9. The van der Waals surface area contributed by atoms with Gasteiger partial charge in [-0.05, 0) is 48.9 Å². The fraction of sp³-hybridized carbons (Fsp3) is 0.136. The second-order valence-electron chi connectivity index (χ2n) is 6.44. The van der Waals surface area contributed by atoms with Crippen LogP contribution in [0.5, 0.6) is 5.75 Å². The van der Waals surface area contributed by atoms with Gasteiger partial charge in [0.2, 0.25) is 0 Å². The lowest BCUT2D eigenvalue weighted by atomic mass is 10.1. The van der Waals surface area contributed by atoms with Crippen LogP contribution in [0.15, 0.2) is 83.8 Å². The number of carbonyl (C=O) groups is 1. The van der Waals surface area contributed by atoms with Crippen LogP contribution in [-0.2, 0) is 10.0 Å². The van der Waals surface area contributed by atoms with Crippen molar-refractivity contribution in [1.29, 1.82) is 0 Å². The SMILES string of the molecule is COc1ccccc1NS(=O)(=O)c1ccc(C(=O)N[C@@H](C)c2ccccc2)cc1. The quantitative estimate of drug-likeness (QED) is 0.617. The Hall–Kier alpha value is -3.32. The number of ether oxygens (including phenoxy) is 1. The van der Waals surface area contributed by atoms with E-state index in [2.05, 4.69) is 10.0 Å². The van der Waals surface area contributed by atoms with Gasteiger partial charge in [0.1, 0.15) is 5.75 Å². The van der Waals surface area contributed by atoms with Gasteiger partial charge in [0.05, 0.1) is 23.7 Å². The first-order valence-corrected chi connectivity index (χ1v) is 10.5. The van der Waals surface area contributed by atoms with Crippen molar-refractivity contribution in [2.45, 2.75) is 17.9 Å². The summed E-state index contributed by atoms with van der Waals surface area (Å²) in [5, 5.41) is 2.91. The van der Waals surface area contributed by atoms with Crippen molar-refractivity contribution in [2.24, 2.45) is 0 Å². The van der Waals surface area contributed by atoms with Crippen LogP contribution in [0.3, 0.4) is 0 Å². The Labute approximate surface area is 170 Å². The smallest absolute Gasteiger partial charge is 0.262 e. The molecule has 0 bridgehead atoms. The van der Waals surface area contributed by atoms with Gasteiger partial charge in [-0.3, -0.25) is 9.52 Å². The summed E-state index contributed by atoms with van der Waals surface area (Å²) in [5.41, 5.74) is 1.71. The Balaban J connectivity index is 1.72. The van der Waals surface area contributed by atoms with E-state index >= 15 is 0 Å². The zero-order valence-electron chi connectivity index (χ0n) is 16.1. The summed E-state index contributed by atoms with van der Waals surface area (Å²) in [6.07, 6.45) is 0. The van der Waals surface area contributed by atoms with Gasteiger partial charge in [-0.15, -0.1) is 0 Å². The summed E-state index contributed by atoms with van der Waals surface area (Å²) in [5.74, 6) is 0.143. The molecule has 150 valence electrons. The molecule has 0 aliphatic carbocycles. The molecule has 0 fully saturated rings. The highest BCUT2D eigenvalue weighted by molar-refractivity contribution is 7.92. The molecule has 0 aliphatic heterocycles. The minimum atomic E-state index is -3.82. The number of nitrogens with one attached hydrogen (secondary N) is 2. The Morgan fingerprint density at radius 2 is 1.52 bits per heavy atom. The molecule has 6 nitrogen and oxygen atoms in total. The number of benzene rings is 3. The van der Waals surface area contributed by atoms with E-state index in [4.69, 9.17) is 4.74 Å². The van der Waals surface area contributed by atoms with Gasteiger partial charge >= 0.3 is 0 Å². The molecule has 7 heteroatoms. The van der Waals surface area contributed by atoms with Crippen molar-refractivity contribution in [3.8, 4) is 5.75 Å². The predicted molar refractivity (Wildman–Crippen MR) is 113 cm³/mol. The second-order valence-corrected chi connectivity index (χ2v) is 8.12. The van der Waals surface area contributed by atoms with Gasteiger partial charge in [-0.1, -0.05) is 42.5 Å². The molecule has 0 heterocycles. The van der Waals surface area contributed by atoms with Gasteiger partial charge in [-0.2, -0.15) is 0 Å². The van der Waals surface area contributed by atoms with Crippen LogP contribution in [-0.4, -0.2) is 21.4 Å². The minimum Gasteiger partial charge on any atom is -0.495 e. The molecule has 0 unspecified atom stereocenters. The Morgan fingerprint density at radius 1 is 0.897 bits per heavy atom. The number of anilines is 1. The first kappa shape index (κ1) is 20.4. The molecule has 3 aromatic rings. The molecule has 0 radical (unpaired) electrons. The maximum atomic E-state index is 12.6. The van der Waals surface area contributed by atoms with Crippen molar-refractivity contribution >= 4 is 21.6 Å². The van der Waals surface area contributed by atoms with Gasteiger partial charge in [-0.25, -0.2) is 8.42 Å². The lowest BCUT2D eigenvalue weighted by molar-refractivity contribution is 0.0940. The number of hydrogen-bond acceptors (Lipinski definition) is 4. The summed E-state index contributed by atoms with van der Waals surface area (Å²) >= 11 is 0. The van der Waals surface area contributed by atoms with Gasteiger partial charge in [0.25, 0.3) is 15.9 Å². The van der Waals surface area contributed by atoms with Crippen molar-refractivity contribution in [2.75, 3.05) is 11.8 Å². The first-order valence-electron chi connectivity index (χ1n) is 9.02. The number of rotatable bonds is 7. The van der Waals surface area contributed by atoms with Crippen molar-refractivity contribution in [3.63, 3.8) is 0 Å². The molecule has 0 spiro atoms. The van der Waals surface area contributed by atoms with E-state index in [0.29, 0.717) is 17.0 Å². The average molecular weight is 410 g/mol. The van der Waals surface area contributed by atoms with E-state index in [1.165, 1.54) is 31.4 Å². The van der Waals surface area contributed by atoms with Crippen LogP contribution in [0.4, 0.5) is 5.69 Å². The Kier molecular flexibility index (Phi) is 6.19. The van der Waals surface area contributed by atoms with Crippen LogP contribution >= 0.6 is 0 Å². The average Bonchev–Trinajstić information content (AvgIpc) is 2.74. The normalized spacial score (nSPS) is 12.1. The largest absolute Gasteiger partial charge is 0.495 e. The number of hydrogen-bond donors (Lipinski definition) is 2. The number of para-hydroxylation sites is 2. The van der Waals surface area contributed by atoms with Gasteiger partial charge < -0.3 is 10.1 Å². The highest BCUT2D eigenvalue weighted by atomic mass is 32.2. The van der Waals surface area contributed by atoms with Gasteiger partial charge in [0.15, 0.2) is 0 Å². The van der Waals surface area contributed by atoms with Crippen LogP contribution in [0.2, 0.25) is 0 Å². The lowest BCUT2D eigenvalue weighted by Gasteiger charge is -2.15. The van der Waals surface area contributed by atoms with Crippen molar-refractivity contribution < 1.29 is 17.9 Å². The number of carbonyl (C=O) groups excluding carboxylic acids is 1. The molecule has 0 aromatic heterocycles. The molecule has 1 atom stereocenters. The zero-order valence-corrected chi connectivity index (χ0v) is 16.9. The highest BCUT2D eigenvalue weighted by Crippen LogP contribution is 2.26. The third-order valence-corrected chi connectivity index (χ3v) is 5.81. The first-order chi connectivity index (χ1) is 13.9. The van der Waals surface area contributed by atoms with E-state index < -0.39 is 10.0 Å². The van der Waals surface area contributed by atoms with Crippen LogP contribution in [0.1, 0.15) is 28.9 Å². The summed E-state index contributed by atoms with van der Waals surface area (Å²) in [7, 11) is -2.35. The molecule has 29 heavy (non-hydrogen) atoms. The summed E-state index contributed by atoms with van der Waals surface area (Å²) in [6, 6.07) is 22.0. The summed E-state index contributed by atoms with van der Waals surface area (Å²) < 4.78 is 33.0. The van der Waals surface area contributed by atoms with Gasteiger partial charge in [0, 0.05) is 5.56 Å². The topological polar surface area (TPSA) is 84.5 Å². The molecule has 0 saturated heterocycles. The van der Waals surface area contributed by atoms with Crippen LogP contribution < -0.4 is 14.8 Å². The molecule has 3 rings (SSSR count). The third kappa shape index (κ3) is 4.94. The predicted octanol–water partition coefficient (Wildman–Crippen LogP) is 3.99. The highest BCUT2D eigenvalue weighted by Gasteiger charge is 2.18. The summed E-state index contributed by atoms with van der Waals surface area (Å²) in [4.78, 5) is 12.5. The molecule has 2 N–H and O–H groups in total. The number of sulfonamides is 1. The Bertz CT molecular complexity index is 1080. The monoisotopic (exact) mass is 410 g/mol. The molecule has 1 amide bonds. The Morgan fingerprint density at radius 3 is 2.17 bits per heavy atom. The van der Waals surface area contributed by atoms with E-state index in [1.54, 1.807) is 24.3 Å². The lowest BCUT2D eigenvalue weighted by Crippen LogP contribution is -2.26. The minimum absolute atomic E-state index is 0.0519. The summed E-state index contributed by atoms with van der Waals surface area (Å²) in [6.45, 7) is 1.89. The molecule has 3 aromatic carbocycles. The van der Waals surface area contributed by atoms with Crippen molar-refractivity contribution in [1.82, 2.24) is 5.32 Å². The van der Waals surface area contributed by atoms with Crippen LogP contribution in [0, 0.1) is 0 Å². The third-order valence-electron chi connectivity index (χ3n) is 4.43. The van der Waals surface area contributed by atoms with Crippen molar-refractivity contribution in [3.05, 3.63) is 90.0 Å². The van der Waals surface area contributed by atoms with Crippen LogP contribution in [0.25, 0.3) is 0 Å². The molecular weight excluding hydrogens is 388 g/mol. The van der Waals surface area contributed by atoms with E-state index in [9.17, 15) is 13.2 Å². The molecule has 0 saturated carbocycles. The number of amides is 1. The standard InChI is InChI=1S/C22H22N2O4S/c1-16(17-8-4-3-5-9-17)23-22(25)18-12-14-19(15-13-18)29(26,27)24-20-10-6-7-11-21(20)28-2/h3-16,24H,1-2H3,(H,23,25)/t16-/m0/s1. The number of methoxy groups -OCH3 is 1. The maximum Gasteiger partial charge on any atom is 0.262 e. The maximum absolute atomic E-state index is 12.6. The van der Waals surface area contributed by atoms with E-state index in [0.717, 1.165) is 5.56 Å².